The predicted molar refractivity (Wildman–Crippen MR) is 74.7 cm³/mol. The van der Waals surface area contributed by atoms with Gasteiger partial charge in [0.05, 0.1) is 33.7 Å². The van der Waals surface area contributed by atoms with Gasteiger partial charge in [0.25, 0.3) is 0 Å². The van der Waals surface area contributed by atoms with E-state index in [4.69, 9.17) is 9.84 Å². The average Bonchev–Trinajstić information content (AvgIpc) is 2.97. The summed E-state index contributed by atoms with van der Waals surface area (Å²) in [5.74, 6) is -2.21. The standard InChI is InChI=1S/C12H13Br2NO5/c13-7-8(14)10-6-5(9(7)20-10)11(18)15(12(6)19)3-1-2-4(16)17/h5-10H,1-3H2,(H,16,17)/t5-,6+,7-,8+,9-,10-/m1/s1. The fourth-order valence-corrected chi connectivity index (χ4v) is 4.84. The van der Waals surface area contributed by atoms with Crippen LogP contribution >= 0.6 is 31.9 Å². The highest BCUT2D eigenvalue weighted by Gasteiger charge is 2.67. The molecule has 0 aromatic carbocycles. The molecule has 0 aliphatic carbocycles. The molecular formula is C12H13Br2NO5. The number of carbonyl (C=O) groups is 3. The van der Waals surface area contributed by atoms with Gasteiger partial charge in [-0.1, -0.05) is 31.9 Å². The second kappa shape index (κ2) is 5.06. The molecule has 3 aliphatic rings. The lowest BCUT2D eigenvalue weighted by Crippen LogP contribution is -2.42. The van der Waals surface area contributed by atoms with Crippen LogP contribution < -0.4 is 0 Å². The predicted octanol–water partition coefficient (Wildman–Crippen LogP) is 0.760. The Kier molecular flexibility index (Phi) is 3.66. The Hall–Kier alpha value is -0.470. The molecule has 6 atom stereocenters. The van der Waals surface area contributed by atoms with Crippen LogP contribution in [0, 0.1) is 11.8 Å². The van der Waals surface area contributed by atoms with Crippen molar-refractivity contribution < 1.29 is 24.2 Å². The van der Waals surface area contributed by atoms with E-state index < -0.39 is 17.8 Å². The molecule has 2 amide bonds. The number of amides is 2. The molecule has 0 aromatic rings. The lowest BCUT2D eigenvalue weighted by atomic mass is 9.81. The normalized spacial score (nSPS) is 42.4. The zero-order chi connectivity index (χ0) is 14.6. The smallest absolute Gasteiger partial charge is 0.303 e. The van der Waals surface area contributed by atoms with Crippen molar-refractivity contribution in [1.29, 1.82) is 0 Å². The Morgan fingerprint density at radius 1 is 1.15 bits per heavy atom. The molecular weight excluding hydrogens is 398 g/mol. The van der Waals surface area contributed by atoms with Gasteiger partial charge in [0, 0.05) is 13.0 Å². The Morgan fingerprint density at radius 3 is 2.10 bits per heavy atom. The number of rotatable bonds is 4. The number of imide groups is 1. The highest BCUT2D eigenvalue weighted by Crippen LogP contribution is 2.52. The number of ether oxygens (including phenoxy) is 1. The molecule has 3 heterocycles. The number of hydrogen-bond donors (Lipinski definition) is 1. The monoisotopic (exact) mass is 409 g/mol. The van der Waals surface area contributed by atoms with Gasteiger partial charge in [-0.2, -0.15) is 0 Å². The molecule has 6 nitrogen and oxygen atoms in total. The summed E-state index contributed by atoms with van der Waals surface area (Å²) < 4.78 is 5.74. The number of carboxylic acid groups (broad SMARTS) is 1. The van der Waals surface area contributed by atoms with E-state index in [9.17, 15) is 14.4 Å². The van der Waals surface area contributed by atoms with Crippen LogP contribution in [0.2, 0.25) is 0 Å². The number of likely N-dealkylation sites (tertiary alicyclic amines) is 1. The molecule has 110 valence electrons. The largest absolute Gasteiger partial charge is 0.481 e. The van der Waals surface area contributed by atoms with Crippen LogP contribution in [-0.4, -0.2) is 56.2 Å². The van der Waals surface area contributed by atoms with Crippen LogP contribution in [0.3, 0.4) is 0 Å². The number of halogens is 2. The molecule has 3 saturated heterocycles. The van der Waals surface area contributed by atoms with Crippen LogP contribution in [-0.2, 0) is 19.1 Å². The molecule has 0 saturated carbocycles. The van der Waals surface area contributed by atoms with Gasteiger partial charge in [0.15, 0.2) is 0 Å². The van der Waals surface area contributed by atoms with Crippen molar-refractivity contribution in [3.8, 4) is 0 Å². The van der Waals surface area contributed by atoms with Gasteiger partial charge < -0.3 is 9.84 Å². The second-order valence-electron chi connectivity index (χ2n) is 5.33. The van der Waals surface area contributed by atoms with Gasteiger partial charge in [0.1, 0.15) is 0 Å². The van der Waals surface area contributed by atoms with Gasteiger partial charge in [-0.15, -0.1) is 0 Å². The highest BCUT2D eigenvalue weighted by molar-refractivity contribution is 9.12. The van der Waals surface area contributed by atoms with Crippen LogP contribution in [0.1, 0.15) is 12.8 Å². The fraction of sp³-hybridized carbons (Fsp3) is 0.750. The molecule has 1 N–H and O–H groups in total. The minimum absolute atomic E-state index is 0.0180. The maximum Gasteiger partial charge on any atom is 0.303 e. The van der Waals surface area contributed by atoms with Gasteiger partial charge >= 0.3 is 5.97 Å². The molecule has 8 heteroatoms. The first-order chi connectivity index (χ1) is 9.43. The third-order valence-corrected chi connectivity index (χ3v) is 7.11. The van der Waals surface area contributed by atoms with E-state index in [1.54, 1.807) is 0 Å². The van der Waals surface area contributed by atoms with E-state index in [2.05, 4.69) is 31.9 Å². The lowest BCUT2D eigenvalue weighted by Gasteiger charge is -2.24. The molecule has 3 rings (SSSR count). The van der Waals surface area contributed by atoms with Crippen molar-refractivity contribution in [1.82, 2.24) is 4.90 Å². The second-order valence-corrected chi connectivity index (χ2v) is 7.45. The van der Waals surface area contributed by atoms with E-state index in [-0.39, 0.29) is 53.1 Å². The Morgan fingerprint density at radius 2 is 1.65 bits per heavy atom. The first-order valence-corrected chi connectivity index (χ1v) is 8.27. The van der Waals surface area contributed by atoms with Gasteiger partial charge in [-0.25, -0.2) is 0 Å². The molecule has 0 unspecified atom stereocenters. The van der Waals surface area contributed by atoms with Crippen molar-refractivity contribution >= 4 is 49.6 Å². The molecule has 20 heavy (non-hydrogen) atoms. The van der Waals surface area contributed by atoms with Crippen molar-refractivity contribution in [3.63, 3.8) is 0 Å². The molecule has 3 aliphatic heterocycles. The highest BCUT2D eigenvalue weighted by atomic mass is 79.9. The average molecular weight is 411 g/mol. The fourth-order valence-electron chi connectivity index (χ4n) is 3.33. The topological polar surface area (TPSA) is 83.9 Å². The van der Waals surface area contributed by atoms with Gasteiger partial charge in [0.2, 0.25) is 11.8 Å². The molecule has 0 radical (unpaired) electrons. The minimum Gasteiger partial charge on any atom is -0.481 e. The van der Waals surface area contributed by atoms with Crippen LogP contribution in [0.25, 0.3) is 0 Å². The summed E-state index contributed by atoms with van der Waals surface area (Å²) >= 11 is 7.01. The number of fused-ring (bicyclic) bond motifs is 5. The summed E-state index contributed by atoms with van der Waals surface area (Å²) in [4.78, 5) is 36.5. The van der Waals surface area contributed by atoms with Gasteiger partial charge in [-0.3, -0.25) is 19.3 Å². The van der Waals surface area contributed by atoms with Gasteiger partial charge in [-0.05, 0) is 6.42 Å². The number of aliphatic carboxylic acids is 1. The number of carbonyl (C=O) groups excluding carboxylic acids is 2. The summed E-state index contributed by atoms with van der Waals surface area (Å²) in [7, 11) is 0. The number of hydrogen-bond acceptors (Lipinski definition) is 4. The lowest BCUT2D eigenvalue weighted by molar-refractivity contribution is -0.144. The quantitative estimate of drug-likeness (QED) is 0.546. The van der Waals surface area contributed by atoms with Crippen molar-refractivity contribution in [2.24, 2.45) is 11.8 Å². The number of alkyl halides is 2. The summed E-state index contributed by atoms with van der Waals surface area (Å²) in [6, 6.07) is 0. The summed E-state index contributed by atoms with van der Waals surface area (Å²) in [6.45, 7) is 0.177. The maximum atomic E-state index is 12.4. The minimum atomic E-state index is -0.922. The third-order valence-electron chi connectivity index (χ3n) is 4.22. The zero-order valence-corrected chi connectivity index (χ0v) is 13.5. The van der Waals surface area contributed by atoms with Crippen molar-refractivity contribution in [2.75, 3.05) is 6.54 Å². The Labute approximate surface area is 132 Å². The maximum absolute atomic E-state index is 12.4. The van der Waals surface area contributed by atoms with Crippen molar-refractivity contribution in [3.05, 3.63) is 0 Å². The van der Waals surface area contributed by atoms with E-state index in [0.29, 0.717) is 0 Å². The van der Waals surface area contributed by atoms with E-state index in [0.717, 1.165) is 0 Å². The summed E-state index contributed by atoms with van der Waals surface area (Å²) in [5.41, 5.74) is 0. The summed E-state index contributed by atoms with van der Waals surface area (Å²) in [6.07, 6.45) is -0.318. The SMILES string of the molecule is O=C(O)CCCN1C(=O)[C@@H]2[C@H]3O[C@@H]([C@H](Br)[C@@H]3Br)[C@@H]2C1=O. The third kappa shape index (κ3) is 1.95. The zero-order valence-electron chi connectivity index (χ0n) is 10.4. The molecule has 0 aromatic heterocycles. The first kappa shape index (κ1) is 14.5. The molecule has 3 fully saturated rings. The molecule has 0 spiro atoms. The number of nitrogens with zero attached hydrogens (tertiary/aromatic N) is 1. The molecule has 2 bridgehead atoms. The van der Waals surface area contributed by atoms with Crippen LogP contribution in [0.4, 0.5) is 0 Å². The summed E-state index contributed by atoms with van der Waals surface area (Å²) in [5, 5.41) is 8.62. The van der Waals surface area contributed by atoms with E-state index in [1.807, 2.05) is 0 Å². The number of carboxylic acids is 1. The Bertz CT molecular complexity index is 452. The van der Waals surface area contributed by atoms with E-state index in [1.165, 1.54) is 4.90 Å². The van der Waals surface area contributed by atoms with Crippen LogP contribution in [0.15, 0.2) is 0 Å². The van der Waals surface area contributed by atoms with Crippen LogP contribution in [0.5, 0.6) is 0 Å². The Balaban J connectivity index is 1.74. The first-order valence-electron chi connectivity index (χ1n) is 6.44. The van der Waals surface area contributed by atoms with Crippen molar-refractivity contribution in [2.45, 2.75) is 34.7 Å². The van der Waals surface area contributed by atoms with E-state index >= 15 is 0 Å².